The highest BCUT2D eigenvalue weighted by Gasteiger charge is 2.24. The van der Waals surface area contributed by atoms with E-state index in [2.05, 4.69) is 42.5 Å². The van der Waals surface area contributed by atoms with Crippen LogP contribution < -0.4 is 65.6 Å². The van der Waals surface area contributed by atoms with Gasteiger partial charge in [-0.3, -0.25) is 0 Å². The fourth-order valence-electron chi connectivity index (χ4n) is 9.11. The lowest BCUT2D eigenvalue weighted by Gasteiger charge is -2.25. The van der Waals surface area contributed by atoms with Gasteiger partial charge in [-0.1, -0.05) is 118 Å². The molecule has 0 amide bonds. The Kier molecular flexibility index (Phi) is 9.37. The topological polar surface area (TPSA) is 13.1 Å². The van der Waals surface area contributed by atoms with Gasteiger partial charge in [0, 0.05) is 10.8 Å². The smallest absolute Gasteiger partial charge is 0.136 e. The van der Waals surface area contributed by atoms with E-state index in [0.29, 0.717) is 38.6 Å². The maximum Gasteiger partial charge on any atom is 0.136 e. The van der Waals surface area contributed by atoms with Crippen LogP contribution in [0.2, 0.25) is 0 Å². The molecule has 0 aliphatic rings. The van der Waals surface area contributed by atoms with E-state index in [1.54, 1.807) is 0 Å². The Hall–Kier alpha value is -5.66. The van der Waals surface area contributed by atoms with Gasteiger partial charge in [0.2, 0.25) is 0 Å². The number of rotatable bonds is 4. The Labute approximate surface area is 370 Å². The molecule has 1 heterocycles. The molecule has 1 nitrogen and oxygen atoms in total. The molecule has 24 radical (unpaired) electrons. The minimum absolute atomic E-state index is 0.119. The van der Waals surface area contributed by atoms with Gasteiger partial charge < -0.3 is 4.42 Å². The molecule has 9 aromatic carbocycles. The van der Waals surface area contributed by atoms with Gasteiger partial charge in [0.05, 0.1) is 0 Å². The lowest BCUT2D eigenvalue weighted by atomic mass is 9.59. The zero-order valence-corrected chi connectivity index (χ0v) is 32.7. The van der Waals surface area contributed by atoms with Gasteiger partial charge in [0.1, 0.15) is 105 Å². The summed E-state index contributed by atoms with van der Waals surface area (Å²) in [6.45, 7) is 0. The molecule has 0 unspecified atom stereocenters. The van der Waals surface area contributed by atoms with Crippen molar-refractivity contribution in [1.29, 1.82) is 0 Å². The Morgan fingerprint density at radius 1 is 0.262 bits per heavy atom. The summed E-state index contributed by atoms with van der Waals surface area (Å²) in [6.07, 6.45) is 0. The van der Waals surface area contributed by atoms with E-state index in [4.69, 9.17) is 98.6 Å². The fraction of sp³-hybridized carbons (Fsp3) is 0. The van der Waals surface area contributed by atoms with E-state index in [0.717, 1.165) is 60.1 Å². The minimum Gasteiger partial charge on any atom is -0.456 e. The number of fused-ring (bicyclic) bond motifs is 6. The fourth-order valence-corrected chi connectivity index (χ4v) is 9.11. The van der Waals surface area contributed by atoms with E-state index in [1.165, 1.54) is 0 Å². The molecule has 10 aromatic rings. The monoisotopic (exact) mass is 742 g/mol. The quantitative estimate of drug-likeness (QED) is 0.171. The van der Waals surface area contributed by atoms with Crippen molar-refractivity contribution in [2.75, 3.05) is 0 Å². The summed E-state index contributed by atoms with van der Waals surface area (Å²) in [7, 11) is 77.6. The van der Waals surface area contributed by atoms with Crippen LogP contribution in [0.4, 0.5) is 0 Å². The third-order valence-electron chi connectivity index (χ3n) is 12.2. The molecule has 0 N–H and O–H groups in total. The second-order valence-corrected chi connectivity index (χ2v) is 15.4. The van der Waals surface area contributed by atoms with Gasteiger partial charge in [-0.15, -0.1) is 32.8 Å². The highest BCUT2D eigenvalue weighted by atomic mass is 16.3. The van der Waals surface area contributed by atoms with Gasteiger partial charge in [-0.25, -0.2) is 0 Å². The molecule has 0 saturated carbocycles. The zero-order valence-electron chi connectivity index (χ0n) is 32.7. The van der Waals surface area contributed by atoms with Gasteiger partial charge in [-0.2, -0.15) is 0 Å². The highest BCUT2D eigenvalue weighted by Crippen LogP contribution is 2.47. The van der Waals surface area contributed by atoms with Crippen LogP contribution in [0.1, 0.15) is 0 Å². The first-order valence-electron chi connectivity index (χ1n) is 19.3. The minimum atomic E-state index is 0.119. The van der Waals surface area contributed by atoms with Crippen LogP contribution in [-0.2, 0) is 0 Å². The maximum atomic E-state index is 6.72. The SMILES string of the molecule is [B]c1c([B])c([B])c(-c2ccc3c(-c4cccc5oc6cc(-c7c([B])c([B])c([B])c8c([B])c([B])c([B])c([B])c78)ccc6c45)c4ccccc4c(-c4ccccc4)c3c2)c([B])c1[B]. The lowest BCUT2D eigenvalue weighted by molar-refractivity contribution is 0.669. The summed E-state index contributed by atoms with van der Waals surface area (Å²) >= 11 is 0. The summed E-state index contributed by atoms with van der Waals surface area (Å²) in [5.41, 5.74) is 9.92. The standard InChI is InChI=1S/C48H18B12O/c49-37-31(35-36(41(53)43(37)55)42(54)47(59)46(58)40(35)52)21-14-16-25-29(18-21)61-28-12-6-11-26(34(25)28)33-23-10-5-4-9-22(23)30(19-7-2-1-3-8-19)27-17-20(13-15-24(27)33)32-38(50)44(56)48(60)45(57)39(32)51/h1-18H. The van der Waals surface area contributed by atoms with Gasteiger partial charge in [0.15, 0.2) is 0 Å². The predicted octanol–water partition coefficient (Wildman–Crippen LogP) is -0.761. The second-order valence-electron chi connectivity index (χ2n) is 15.4. The molecule has 0 fully saturated rings. The first-order valence-corrected chi connectivity index (χ1v) is 19.3. The van der Waals surface area contributed by atoms with Crippen molar-refractivity contribution in [2.45, 2.75) is 0 Å². The van der Waals surface area contributed by atoms with E-state index in [1.807, 2.05) is 66.7 Å². The molecular weight excluding hydrogens is 722 g/mol. The van der Waals surface area contributed by atoms with Crippen LogP contribution in [0, 0.1) is 0 Å². The van der Waals surface area contributed by atoms with E-state index < -0.39 is 0 Å². The van der Waals surface area contributed by atoms with Crippen LogP contribution in [0.5, 0.6) is 0 Å². The van der Waals surface area contributed by atoms with Crippen LogP contribution in [0.3, 0.4) is 0 Å². The van der Waals surface area contributed by atoms with Crippen molar-refractivity contribution >= 4 is 214 Å². The molecular formula is C48H18B12O. The number of furan rings is 1. The summed E-state index contributed by atoms with van der Waals surface area (Å²) in [6, 6.07) is 36.7. The van der Waals surface area contributed by atoms with Crippen molar-refractivity contribution in [3.8, 4) is 44.5 Å². The zero-order chi connectivity index (χ0) is 42.8. The average molecular weight is 740 g/mol. The molecule has 10 rings (SSSR count). The molecule has 0 atom stereocenters. The highest BCUT2D eigenvalue weighted by molar-refractivity contribution is 6.72. The van der Waals surface area contributed by atoms with Gasteiger partial charge >= 0.3 is 0 Å². The molecule has 252 valence electrons. The first kappa shape index (κ1) is 39.5. The molecule has 1 aromatic heterocycles. The summed E-state index contributed by atoms with van der Waals surface area (Å²) in [4.78, 5) is 0. The van der Waals surface area contributed by atoms with Gasteiger partial charge in [-0.05, 0) is 101 Å². The Morgan fingerprint density at radius 2 is 0.754 bits per heavy atom. The van der Waals surface area contributed by atoms with Crippen molar-refractivity contribution in [3.63, 3.8) is 0 Å². The summed E-state index contributed by atoms with van der Waals surface area (Å²) in [5.74, 6) is 0. The van der Waals surface area contributed by atoms with Crippen LogP contribution in [-0.4, -0.2) is 94.2 Å². The average Bonchev–Trinajstić information content (AvgIpc) is 3.66. The lowest BCUT2D eigenvalue weighted by Crippen LogP contribution is -2.55. The van der Waals surface area contributed by atoms with E-state index >= 15 is 0 Å². The maximum absolute atomic E-state index is 6.72. The van der Waals surface area contributed by atoms with Crippen LogP contribution in [0.25, 0.3) is 98.8 Å². The van der Waals surface area contributed by atoms with Gasteiger partial charge in [0.25, 0.3) is 0 Å². The summed E-state index contributed by atoms with van der Waals surface area (Å²) in [5, 5.41) is 6.63. The molecule has 0 saturated heterocycles. The van der Waals surface area contributed by atoms with Crippen molar-refractivity contribution in [3.05, 3.63) is 109 Å². The Balaban J connectivity index is 1.28. The molecule has 0 spiro atoms. The number of hydrogen-bond acceptors (Lipinski definition) is 1. The summed E-state index contributed by atoms with van der Waals surface area (Å²) < 4.78 is 6.67. The molecule has 0 aliphatic carbocycles. The Morgan fingerprint density at radius 3 is 1.41 bits per heavy atom. The third-order valence-corrected chi connectivity index (χ3v) is 12.2. The second kappa shape index (κ2) is 14.5. The van der Waals surface area contributed by atoms with E-state index in [9.17, 15) is 0 Å². The van der Waals surface area contributed by atoms with Crippen molar-refractivity contribution in [2.24, 2.45) is 0 Å². The van der Waals surface area contributed by atoms with Crippen molar-refractivity contribution < 1.29 is 4.42 Å². The normalized spacial score (nSPS) is 11.7. The molecule has 0 bridgehead atoms. The molecule has 0 aliphatic heterocycles. The predicted molar refractivity (Wildman–Crippen MR) is 273 cm³/mol. The van der Waals surface area contributed by atoms with Crippen LogP contribution >= 0.6 is 0 Å². The third kappa shape index (κ3) is 5.72. The number of hydrogen-bond donors (Lipinski definition) is 0. The molecule has 61 heavy (non-hydrogen) atoms. The molecule has 13 heteroatoms. The Bertz CT molecular complexity index is 3520. The first-order chi connectivity index (χ1) is 29.3. The van der Waals surface area contributed by atoms with Crippen LogP contribution in [0.15, 0.2) is 114 Å². The van der Waals surface area contributed by atoms with Crippen molar-refractivity contribution in [1.82, 2.24) is 0 Å². The van der Waals surface area contributed by atoms with E-state index in [-0.39, 0.29) is 65.6 Å². The number of benzene rings is 9. The largest absolute Gasteiger partial charge is 0.456 e.